The first-order valence-corrected chi connectivity index (χ1v) is 10.5. The molecule has 0 atom stereocenters. The molecular formula is C27H31NO. The van der Waals surface area contributed by atoms with Crippen LogP contribution in [-0.2, 0) is 12.8 Å². The minimum Gasteiger partial charge on any atom is -0.507 e. The Morgan fingerprint density at radius 1 is 0.759 bits per heavy atom. The molecule has 3 rings (SSSR count). The van der Waals surface area contributed by atoms with Gasteiger partial charge in [-0.05, 0) is 53.0 Å². The first-order chi connectivity index (χ1) is 14.0. The number of rotatable bonds is 7. The fourth-order valence-corrected chi connectivity index (χ4v) is 3.64. The van der Waals surface area contributed by atoms with E-state index in [9.17, 15) is 5.11 Å². The Bertz CT molecular complexity index is 945. The molecule has 29 heavy (non-hydrogen) atoms. The zero-order valence-corrected chi connectivity index (χ0v) is 17.9. The van der Waals surface area contributed by atoms with E-state index in [1.165, 1.54) is 16.7 Å². The fourth-order valence-electron chi connectivity index (χ4n) is 3.64. The van der Waals surface area contributed by atoms with Crippen LogP contribution in [0.5, 0.6) is 5.75 Å². The molecule has 1 N–H and O–H groups in total. The van der Waals surface area contributed by atoms with Gasteiger partial charge in [-0.1, -0.05) is 88.4 Å². The van der Waals surface area contributed by atoms with E-state index in [1.54, 1.807) is 0 Å². The van der Waals surface area contributed by atoms with E-state index >= 15 is 0 Å². The summed E-state index contributed by atoms with van der Waals surface area (Å²) in [5, 5.41) is 10.8. The van der Waals surface area contributed by atoms with Crippen molar-refractivity contribution < 1.29 is 5.11 Å². The van der Waals surface area contributed by atoms with Gasteiger partial charge in [0.2, 0.25) is 0 Å². The summed E-state index contributed by atoms with van der Waals surface area (Å²) >= 11 is 0. The van der Waals surface area contributed by atoms with E-state index in [0.29, 0.717) is 17.6 Å². The second kappa shape index (κ2) is 9.56. The predicted molar refractivity (Wildman–Crippen MR) is 124 cm³/mol. The Kier molecular flexibility index (Phi) is 6.87. The van der Waals surface area contributed by atoms with E-state index < -0.39 is 0 Å². The number of benzene rings is 3. The minimum atomic E-state index is 0.334. The van der Waals surface area contributed by atoms with Crippen molar-refractivity contribution in [1.82, 2.24) is 0 Å². The van der Waals surface area contributed by atoms with Crippen molar-refractivity contribution in [2.45, 2.75) is 52.4 Å². The Morgan fingerprint density at radius 2 is 1.38 bits per heavy atom. The maximum absolute atomic E-state index is 10.8. The maximum atomic E-state index is 10.8. The standard InChI is InChI=1S/C27H31NO/c1-19(2)24-14-9-15-25(20(3)4)26(24)28-18-23-13-8-12-22(27(23)29)17-16-21-10-6-5-7-11-21/h5-15,18-20,29H,16-17H2,1-4H3. The van der Waals surface area contributed by atoms with Crippen molar-refractivity contribution >= 4 is 11.9 Å². The summed E-state index contributed by atoms with van der Waals surface area (Å²) in [6.07, 6.45) is 3.52. The molecule has 0 spiro atoms. The van der Waals surface area contributed by atoms with E-state index in [0.717, 1.165) is 29.7 Å². The molecule has 0 amide bonds. The van der Waals surface area contributed by atoms with Crippen LogP contribution in [0.4, 0.5) is 5.69 Å². The highest BCUT2D eigenvalue weighted by molar-refractivity contribution is 5.86. The van der Waals surface area contributed by atoms with Gasteiger partial charge < -0.3 is 5.11 Å². The first kappa shape index (κ1) is 20.9. The van der Waals surface area contributed by atoms with Gasteiger partial charge in [0.15, 0.2) is 0 Å². The summed E-state index contributed by atoms with van der Waals surface area (Å²) in [5.41, 5.74) is 6.52. The van der Waals surface area contributed by atoms with Gasteiger partial charge in [-0.15, -0.1) is 0 Å². The van der Waals surface area contributed by atoms with Gasteiger partial charge in [0.1, 0.15) is 5.75 Å². The van der Waals surface area contributed by atoms with Crippen LogP contribution in [0.25, 0.3) is 0 Å². The number of phenolic OH excluding ortho intramolecular Hbond substituents is 1. The molecule has 0 radical (unpaired) electrons. The minimum absolute atomic E-state index is 0.334. The zero-order valence-electron chi connectivity index (χ0n) is 17.9. The molecule has 0 saturated heterocycles. The van der Waals surface area contributed by atoms with Crippen LogP contribution < -0.4 is 0 Å². The summed E-state index contributed by atoms with van der Waals surface area (Å²) in [6.45, 7) is 8.78. The van der Waals surface area contributed by atoms with E-state index in [-0.39, 0.29) is 0 Å². The molecule has 0 aliphatic carbocycles. The number of phenols is 1. The molecule has 0 aromatic heterocycles. The predicted octanol–water partition coefficient (Wildman–Crippen LogP) is 7.17. The molecule has 0 aliphatic rings. The van der Waals surface area contributed by atoms with Crippen LogP contribution in [0.1, 0.15) is 67.3 Å². The highest BCUT2D eigenvalue weighted by atomic mass is 16.3. The third-order valence-corrected chi connectivity index (χ3v) is 5.35. The average molecular weight is 386 g/mol. The fraction of sp³-hybridized carbons (Fsp3) is 0.296. The normalized spacial score (nSPS) is 11.7. The van der Waals surface area contributed by atoms with Gasteiger partial charge >= 0.3 is 0 Å². The molecule has 0 bridgehead atoms. The van der Waals surface area contributed by atoms with Gasteiger partial charge in [-0.2, -0.15) is 0 Å². The molecule has 150 valence electrons. The summed E-state index contributed by atoms with van der Waals surface area (Å²) in [6, 6.07) is 22.7. The Hall–Kier alpha value is -2.87. The van der Waals surface area contributed by atoms with Crippen molar-refractivity contribution in [2.24, 2.45) is 4.99 Å². The van der Waals surface area contributed by atoms with Crippen molar-refractivity contribution in [3.63, 3.8) is 0 Å². The van der Waals surface area contributed by atoms with Gasteiger partial charge in [0, 0.05) is 11.8 Å². The summed E-state index contributed by atoms with van der Waals surface area (Å²) in [7, 11) is 0. The van der Waals surface area contributed by atoms with Gasteiger partial charge in [0.05, 0.1) is 5.69 Å². The van der Waals surface area contributed by atoms with E-state index in [1.807, 2.05) is 30.5 Å². The van der Waals surface area contributed by atoms with E-state index in [4.69, 9.17) is 4.99 Å². The second-order valence-electron chi connectivity index (χ2n) is 8.19. The number of nitrogens with zero attached hydrogens (tertiary/aromatic N) is 1. The largest absolute Gasteiger partial charge is 0.507 e. The second-order valence-corrected chi connectivity index (χ2v) is 8.19. The van der Waals surface area contributed by atoms with Crippen LogP contribution in [0.3, 0.4) is 0 Å². The highest BCUT2D eigenvalue weighted by Crippen LogP contribution is 2.35. The molecule has 0 unspecified atom stereocenters. The molecule has 3 aromatic carbocycles. The molecular weight excluding hydrogens is 354 g/mol. The third kappa shape index (κ3) is 5.14. The molecule has 0 saturated carbocycles. The number of aryl methyl sites for hydroxylation is 2. The number of para-hydroxylation sites is 2. The smallest absolute Gasteiger partial charge is 0.127 e. The zero-order chi connectivity index (χ0) is 20.8. The average Bonchev–Trinajstić information content (AvgIpc) is 2.72. The summed E-state index contributed by atoms with van der Waals surface area (Å²) < 4.78 is 0. The molecule has 0 aliphatic heterocycles. The number of aliphatic imine (C=N–C) groups is 1. The van der Waals surface area contributed by atoms with Crippen molar-refractivity contribution in [3.05, 3.63) is 94.5 Å². The first-order valence-electron chi connectivity index (χ1n) is 10.5. The Labute approximate surface area is 175 Å². The Balaban J connectivity index is 1.88. The highest BCUT2D eigenvalue weighted by Gasteiger charge is 2.13. The number of hydrogen-bond donors (Lipinski definition) is 1. The lowest BCUT2D eigenvalue weighted by Gasteiger charge is -2.16. The number of aromatic hydroxyl groups is 1. The van der Waals surface area contributed by atoms with Crippen LogP contribution >= 0.6 is 0 Å². The summed E-state index contributed by atoms with van der Waals surface area (Å²) in [4.78, 5) is 4.85. The molecule has 2 nitrogen and oxygen atoms in total. The van der Waals surface area contributed by atoms with Crippen molar-refractivity contribution in [3.8, 4) is 5.75 Å². The SMILES string of the molecule is CC(C)c1cccc(C(C)C)c1N=Cc1cccc(CCc2ccccc2)c1O. The van der Waals surface area contributed by atoms with E-state index in [2.05, 4.69) is 70.2 Å². The Morgan fingerprint density at radius 3 is 2.00 bits per heavy atom. The van der Waals surface area contributed by atoms with Crippen LogP contribution in [0.15, 0.2) is 71.7 Å². The van der Waals surface area contributed by atoms with Crippen molar-refractivity contribution in [1.29, 1.82) is 0 Å². The van der Waals surface area contributed by atoms with Crippen LogP contribution in [-0.4, -0.2) is 11.3 Å². The molecule has 0 heterocycles. The van der Waals surface area contributed by atoms with Crippen molar-refractivity contribution in [2.75, 3.05) is 0 Å². The molecule has 3 aromatic rings. The third-order valence-electron chi connectivity index (χ3n) is 5.35. The van der Waals surface area contributed by atoms with Crippen LogP contribution in [0.2, 0.25) is 0 Å². The van der Waals surface area contributed by atoms with Gasteiger partial charge in [0.25, 0.3) is 0 Å². The lowest BCUT2D eigenvalue weighted by atomic mass is 9.93. The molecule has 2 heteroatoms. The maximum Gasteiger partial charge on any atom is 0.127 e. The topological polar surface area (TPSA) is 32.6 Å². The van der Waals surface area contributed by atoms with Gasteiger partial charge in [-0.25, -0.2) is 0 Å². The van der Waals surface area contributed by atoms with Gasteiger partial charge in [-0.3, -0.25) is 4.99 Å². The monoisotopic (exact) mass is 385 g/mol. The van der Waals surface area contributed by atoms with Crippen LogP contribution in [0, 0.1) is 0 Å². The summed E-state index contributed by atoms with van der Waals surface area (Å²) in [5.74, 6) is 1.12. The lowest BCUT2D eigenvalue weighted by Crippen LogP contribution is -1.97. The number of hydrogen-bond acceptors (Lipinski definition) is 2. The quantitative estimate of drug-likeness (QED) is 0.429. The lowest BCUT2D eigenvalue weighted by molar-refractivity contribution is 0.467. The molecule has 0 fully saturated rings.